The van der Waals surface area contributed by atoms with Gasteiger partial charge < -0.3 is 5.73 Å². The first-order valence-electron chi connectivity index (χ1n) is 8.52. The van der Waals surface area contributed by atoms with Crippen LogP contribution in [0.1, 0.15) is 69.7 Å². The normalized spacial score (nSPS) is 15.1. The largest absolute Gasteiger partial charge is 0.326 e. The topological polar surface area (TPSA) is 29.3 Å². The summed E-state index contributed by atoms with van der Waals surface area (Å²) >= 11 is 1.91. The number of aryl methyl sites for hydroxylation is 1. The minimum atomic E-state index is 0.211. The molecule has 1 rings (SSSR count). The predicted octanol–water partition coefficient (Wildman–Crippen LogP) is 4.98. The average Bonchev–Trinajstić information content (AvgIpc) is 2.85. The van der Waals surface area contributed by atoms with Crippen LogP contribution in [0.15, 0.2) is 12.1 Å². The third kappa shape index (κ3) is 5.08. The molecule has 2 atom stereocenters. The Kier molecular flexibility index (Phi) is 7.93. The molecular formula is C18H34N2S. The molecule has 0 aliphatic carbocycles. The van der Waals surface area contributed by atoms with E-state index < -0.39 is 0 Å². The van der Waals surface area contributed by atoms with Gasteiger partial charge in [0.1, 0.15) is 0 Å². The summed E-state index contributed by atoms with van der Waals surface area (Å²) in [6.45, 7) is 14.7. The lowest BCUT2D eigenvalue weighted by Gasteiger charge is -2.41. The lowest BCUT2D eigenvalue weighted by Crippen LogP contribution is -2.47. The number of hydrogen-bond acceptors (Lipinski definition) is 3. The Bertz CT molecular complexity index is 396. The summed E-state index contributed by atoms with van der Waals surface area (Å²) < 4.78 is 0. The van der Waals surface area contributed by atoms with Crippen molar-refractivity contribution in [3.63, 3.8) is 0 Å². The van der Waals surface area contributed by atoms with E-state index in [1.54, 1.807) is 0 Å². The highest BCUT2D eigenvalue weighted by Crippen LogP contribution is 2.34. The van der Waals surface area contributed by atoms with Crippen LogP contribution in [0.5, 0.6) is 0 Å². The van der Waals surface area contributed by atoms with Gasteiger partial charge in [-0.05, 0) is 44.2 Å². The van der Waals surface area contributed by atoms with E-state index in [1.165, 1.54) is 22.6 Å². The van der Waals surface area contributed by atoms with E-state index in [4.69, 9.17) is 5.73 Å². The van der Waals surface area contributed by atoms with Gasteiger partial charge in [0.05, 0.1) is 6.04 Å². The summed E-state index contributed by atoms with van der Waals surface area (Å²) in [6.07, 6.45) is 3.41. The molecule has 0 amide bonds. The molecule has 21 heavy (non-hydrogen) atoms. The molecule has 0 saturated carbocycles. The summed E-state index contributed by atoms with van der Waals surface area (Å²) in [5, 5.41) is 0. The Balaban J connectivity index is 3.15. The number of nitrogens with two attached hydrogens (primary N) is 1. The van der Waals surface area contributed by atoms with Crippen molar-refractivity contribution >= 4 is 11.3 Å². The van der Waals surface area contributed by atoms with Crippen LogP contribution in [-0.2, 0) is 0 Å². The van der Waals surface area contributed by atoms with Gasteiger partial charge in [0.25, 0.3) is 0 Å². The van der Waals surface area contributed by atoms with Gasteiger partial charge >= 0.3 is 0 Å². The van der Waals surface area contributed by atoms with E-state index in [0.29, 0.717) is 18.0 Å². The zero-order valence-electron chi connectivity index (χ0n) is 14.7. The van der Waals surface area contributed by atoms with Crippen LogP contribution in [0, 0.1) is 12.8 Å². The summed E-state index contributed by atoms with van der Waals surface area (Å²) in [5.41, 5.74) is 6.55. The fourth-order valence-electron chi connectivity index (χ4n) is 3.13. The number of thiophene rings is 1. The van der Waals surface area contributed by atoms with Gasteiger partial charge in [-0.2, -0.15) is 0 Å². The minimum absolute atomic E-state index is 0.211. The van der Waals surface area contributed by atoms with Gasteiger partial charge in [-0.25, -0.2) is 0 Å². The molecule has 0 radical (unpaired) electrons. The van der Waals surface area contributed by atoms with Crippen LogP contribution in [-0.4, -0.2) is 23.5 Å². The Morgan fingerprint density at radius 2 is 1.71 bits per heavy atom. The number of hydrogen-bond donors (Lipinski definition) is 1. The fraction of sp³-hybridized carbons (Fsp3) is 0.778. The molecule has 2 nitrogen and oxygen atoms in total. The SMILES string of the molecule is CCC(N)C(c1ccc(C)s1)N(CC(C)C)C(CC)CC. The summed E-state index contributed by atoms with van der Waals surface area (Å²) in [6, 6.07) is 5.71. The van der Waals surface area contributed by atoms with Crippen LogP contribution in [0.3, 0.4) is 0 Å². The van der Waals surface area contributed by atoms with Gasteiger partial charge in [0.15, 0.2) is 0 Å². The van der Waals surface area contributed by atoms with Gasteiger partial charge in [0.2, 0.25) is 0 Å². The maximum absolute atomic E-state index is 6.55. The van der Waals surface area contributed by atoms with Gasteiger partial charge in [0, 0.05) is 28.4 Å². The molecule has 0 spiro atoms. The molecule has 2 unspecified atom stereocenters. The van der Waals surface area contributed by atoms with Crippen molar-refractivity contribution in [3.8, 4) is 0 Å². The maximum atomic E-state index is 6.55. The standard InChI is InChI=1S/C18H34N2S/c1-7-15(8-2)20(12-13(4)5)18(16(19)9-3)17-11-10-14(6)21-17/h10-11,13,15-16,18H,7-9,12,19H2,1-6H3. The van der Waals surface area contributed by atoms with E-state index in [9.17, 15) is 0 Å². The smallest absolute Gasteiger partial charge is 0.0595 e. The minimum Gasteiger partial charge on any atom is -0.326 e. The fourth-order valence-corrected chi connectivity index (χ4v) is 4.20. The predicted molar refractivity (Wildman–Crippen MR) is 96.0 cm³/mol. The molecule has 1 aromatic rings. The Morgan fingerprint density at radius 3 is 2.10 bits per heavy atom. The number of rotatable bonds is 9. The molecule has 0 fully saturated rings. The number of nitrogens with zero attached hydrogens (tertiary/aromatic N) is 1. The van der Waals surface area contributed by atoms with Crippen molar-refractivity contribution < 1.29 is 0 Å². The average molecular weight is 311 g/mol. The molecule has 1 aromatic heterocycles. The quantitative estimate of drug-likeness (QED) is 0.697. The van der Waals surface area contributed by atoms with Crippen molar-refractivity contribution in [2.24, 2.45) is 11.7 Å². The lowest BCUT2D eigenvalue weighted by atomic mass is 9.97. The molecule has 3 heteroatoms. The zero-order valence-corrected chi connectivity index (χ0v) is 15.5. The van der Waals surface area contributed by atoms with E-state index >= 15 is 0 Å². The Morgan fingerprint density at radius 1 is 1.10 bits per heavy atom. The van der Waals surface area contributed by atoms with Crippen LogP contribution >= 0.6 is 11.3 Å². The second kappa shape index (κ2) is 8.92. The summed E-state index contributed by atoms with van der Waals surface area (Å²) in [4.78, 5) is 5.51. The van der Waals surface area contributed by atoms with Gasteiger partial charge in [-0.1, -0.05) is 34.6 Å². The van der Waals surface area contributed by atoms with E-state index in [0.717, 1.165) is 13.0 Å². The second-order valence-electron chi connectivity index (χ2n) is 6.53. The molecule has 0 bridgehead atoms. The summed E-state index contributed by atoms with van der Waals surface area (Å²) in [7, 11) is 0. The first-order chi connectivity index (χ1) is 9.94. The molecule has 1 heterocycles. The van der Waals surface area contributed by atoms with Crippen molar-refractivity contribution in [3.05, 3.63) is 21.9 Å². The molecule has 0 aromatic carbocycles. The molecular weight excluding hydrogens is 276 g/mol. The molecule has 0 aliphatic heterocycles. The molecule has 122 valence electrons. The maximum Gasteiger partial charge on any atom is 0.0595 e. The first-order valence-corrected chi connectivity index (χ1v) is 9.33. The lowest BCUT2D eigenvalue weighted by molar-refractivity contribution is 0.0930. The molecule has 0 aliphatic rings. The van der Waals surface area contributed by atoms with E-state index in [2.05, 4.69) is 58.6 Å². The van der Waals surface area contributed by atoms with Crippen molar-refractivity contribution in [2.75, 3.05) is 6.54 Å². The van der Waals surface area contributed by atoms with E-state index in [1.807, 2.05) is 11.3 Å². The van der Waals surface area contributed by atoms with Crippen molar-refractivity contribution in [2.45, 2.75) is 78.9 Å². The molecule has 0 saturated heterocycles. The van der Waals surface area contributed by atoms with Crippen LogP contribution < -0.4 is 5.73 Å². The second-order valence-corrected chi connectivity index (χ2v) is 7.85. The third-order valence-electron chi connectivity index (χ3n) is 4.27. The monoisotopic (exact) mass is 310 g/mol. The zero-order chi connectivity index (χ0) is 16.0. The summed E-state index contributed by atoms with van der Waals surface area (Å²) in [5.74, 6) is 0.665. The van der Waals surface area contributed by atoms with Gasteiger partial charge in [-0.3, -0.25) is 4.90 Å². The van der Waals surface area contributed by atoms with Crippen LogP contribution in [0.4, 0.5) is 0 Å². The molecule has 2 N–H and O–H groups in total. The Hall–Kier alpha value is -0.380. The highest BCUT2D eigenvalue weighted by atomic mass is 32.1. The van der Waals surface area contributed by atoms with Gasteiger partial charge in [-0.15, -0.1) is 11.3 Å². The third-order valence-corrected chi connectivity index (χ3v) is 5.35. The van der Waals surface area contributed by atoms with Crippen LogP contribution in [0.25, 0.3) is 0 Å². The Labute approximate surface area is 135 Å². The van der Waals surface area contributed by atoms with Crippen molar-refractivity contribution in [1.29, 1.82) is 0 Å². The first kappa shape index (κ1) is 18.7. The van der Waals surface area contributed by atoms with Crippen LogP contribution in [0.2, 0.25) is 0 Å². The highest BCUT2D eigenvalue weighted by Gasteiger charge is 2.31. The van der Waals surface area contributed by atoms with Crippen molar-refractivity contribution in [1.82, 2.24) is 4.90 Å². The van der Waals surface area contributed by atoms with E-state index in [-0.39, 0.29) is 6.04 Å². The highest BCUT2D eigenvalue weighted by molar-refractivity contribution is 7.12.